The smallest absolute Gasteiger partial charge is 0.205 e. The Morgan fingerprint density at radius 2 is 2.22 bits per heavy atom. The van der Waals surface area contributed by atoms with Crippen molar-refractivity contribution in [1.29, 1.82) is 0 Å². The van der Waals surface area contributed by atoms with Gasteiger partial charge in [-0.3, -0.25) is 0 Å². The average Bonchev–Trinajstić information content (AvgIpc) is 3.05. The number of hydrogen-bond acceptors (Lipinski definition) is 6. The number of halogens is 2. The number of benzene rings is 1. The molecule has 8 nitrogen and oxygen atoms in total. The van der Waals surface area contributed by atoms with Gasteiger partial charge in [-0.15, -0.1) is 0 Å². The maximum Gasteiger partial charge on any atom is 0.205 e. The third-order valence-electron chi connectivity index (χ3n) is 4.43. The molecule has 1 aliphatic heterocycles. The van der Waals surface area contributed by atoms with Crippen LogP contribution in [0.2, 0.25) is 5.02 Å². The van der Waals surface area contributed by atoms with E-state index in [1.807, 2.05) is 4.90 Å². The molecule has 0 bridgehead atoms. The molecule has 0 saturated carbocycles. The number of fused-ring (bicyclic) bond motifs is 1. The second-order valence-electron chi connectivity index (χ2n) is 6.27. The predicted octanol–water partition coefficient (Wildman–Crippen LogP) is 2.43. The summed E-state index contributed by atoms with van der Waals surface area (Å²) in [6, 6.07) is 5.77. The van der Waals surface area contributed by atoms with E-state index >= 15 is 0 Å². The second-order valence-corrected chi connectivity index (χ2v) is 6.68. The molecule has 0 atom stereocenters. The van der Waals surface area contributed by atoms with Crippen LogP contribution in [0, 0.1) is 11.7 Å². The Morgan fingerprint density at radius 3 is 2.93 bits per heavy atom. The van der Waals surface area contributed by atoms with Gasteiger partial charge >= 0.3 is 0 Å². The first-order valence-electron chi connectivity index (χ1n) is 8.24. The molecular formula is C17H16ClFN6O2. The van der Waals surface area contributed by atoms with Crippen LogP contribution in [0.4, 0.5) is 16.0 Å². The van der Waals surface area contributed by atoms with E-state index in [1.165, 1.54) is 18.2 Å². The Kier molecular flexibility index (Phi) is 4.54. The van der Waals surface area contributed by atoms with Crippen molar-refractivity contribution < 1.29 is 14.7 Å². The fraction of sp³-hybridized carbons (Fsp3) is 0.235. The number of hydrogen-bond donors (Lipinski definition) is 4. The molecule has 1 fully saturated rings. The summed E-state index contributed by atoms with van der Waals surface area (Å²) < 4.78 is 13.3. The van der Waals surface area contributed by atoms with Gasteiger partial charge in [0, 0.05) is 43.1 Å². The molecule has 2 aromatic heterocycles. The molecule has 3 heterocycles. The van der Waals surface area contributed by atoms with E-state index in [9.17, 15) is 9.60 Å². The lowest BCUT2D eigenvalue weighted by molar-refractivity contribution is 0.199. The van der Waals surface area contributed by atoms with Crippen LogP contribution in [-0.4, -0.2) is 50.8 Å². The van der Waals surface area contributed by atoms with Gasteiger partial charge in [0.1, 0.15) is 5.82 Å². The zero-order chi connectivity index (χ0) is 19.0. The Balaban J connectivity index is 1.65. The van der Waals surface area contributed by atoms with Crippen LogP contribution in [-0.2, 0) is 0 Å². The van der Waals surface area contributed by atoms with Gasteiger partial charge in [-0.05, 0) is 24.3 Å². The van der Waals surface area contributed by atoms with Gasteiger partial charge in [0.15, 0.2) is 11.5 Å². The molecule has 0 spiro atoms. The number of H-pyrrole nitrogens is 1. The molecule has 3 aromatic rings. The first kappa shape index (κ1) is 17.5. The number of nitrogens with zero attached hydrogens (tertiary/aromatic N) is 4. The van der Waals surface area contributed by atoms with Crippen LogP contribution in [0.25, 0.3) is 11.2 Å². The first-order chi connectivity index (χ1) is 13.1. The van der Waals surface area contributed by atoms with Crippen LogP contribution in [0.3, 0.4) is 0 Å². The maximum absolute atomic E-state index is 13.3. The summed E-state index contributed by atoms with van der Waals surface area (Å²) in [5, 5.41) is 24.8. The van der Waals surface area contributed by atoms with Gasteiger partial charge in [-0.25, -0.2) is 9.37 Å². The molecule has 4 rings (SSSR count). The monoisotopic (exact) mass is 390 g/mol. The number of rotatable bonds is 4. The molecule has 1 aliphatic rings. The number of aromatic amines is 1. The topological polar surface area (TPSA) is 110 Å². The molecule has 27 heavy (non-hydrogen) atoms. The van der Waals surface area contributed by atoms with Gasteiger partial charge < -0.3 is 25.5 Å². The van der Waals surface area contributed by atoms with Crippen molar-refractivity contribution in [2.45, 2.75) is 0 Å². The second kappa shape index (κ2) is 7.01. The highest BCUT2D eigenvalue weighted by Crippen LogP contribution is 2.26. The molecule has 10 heteroatoms. The van der Waals surface area contributed by atoms with Crippen LogP contribution in [0.5, 0.6) is 0 Å². The zero-order valence-electron chi connectivity index (χ0n) is 14.0. The van der Waals surface area contributed by atoms with E-state index in [0.717, 1.165) is 0 Å². The summed E-state index contributed by atoms with van der Waals surface area (Å²) in [5.74, 6) is 0.476. The van der Waals surface area contributed by atoms with Crippen molar-refractivity contribution in [3.05, 3.63) is 46.9 Å². The highest BCUT2D eigenvalue weighted by molar-refractivity contribution is 6.31. The number of aromatic nitrogens is 3. The summed E-state index contributed by atoms with van der Waals surface area (Å²) in [6.45, 7) is 1.56. The summed E-state index contributed by atoms with van der Waals surface area (Å²) in [4.78, 5) is 13.9. The van der Waals surface area contributed by atoms with E-state index in [1.54, 1.807) is 12.3 Å². The van der Waals surface area contributed by atoms with Crippen LogP contribution >= 0.6 is 11.6 Å². The van der Waals surface area contributed by atoms with E-state index in [2.05, 4.69) is 25.4 Å². The quantitative estimate of drug-likeness (QED) is 0.236. The number of aliphatic hydroxyl groups is 1. The minimum Gasteiger partial charge on any atom is -0.409 e. The van der Waals surface area contributed by atoms with Crippen LogP contribution < -0.4 is 10.2 Å². The molecule has 140 valence electrons. The summed E-state index contributed by atoms with van der Waals surface area (Å²) in [7, 11) is 0. The zero-order valence-corrected chi connectivity index (χ0v) is 14.8. The van der Waals surface area contributed by atoms with Crippen molar-refractivity contribution in [2.24, 2.45) is 11.1 Å². The lowest BCUT2D eigenvalue weighted by atomic mass is 10.0. The largest absolute Gasteiger partial charge is 0.409 e. The molecule has 0 radical (unpaired) electrons. The SMILES string of the molecule is OCC1CN(c2nc3nccc(/C(=N\O)Nc4ccc(F)c(Cl)c4)c3[nH]2)C1. The highest BCUT2D eigenvalue weighted by atomic mass is 35.5. The Hall–Kier alpha value is -2.91. The molecule has 0 unspecified atom stereocenters. The van der Waals surface area contributed by atoms with Crippen molar-refractivity contribution in [3.63, 3.8) is 0 Å². The van der Waals surface area contributed by atoms with Crippen molar-refractivity contribution in [3.8, 4) is 0 Å². The molecule has 0 amide bonds. The minimum absolute atomic E-state index is 0.0442. The summed E-state index contributed by atoms with van der Waals surface area (Å²) >= 11 is 5.80. The molecule has 4 N–H and O–H groups in total. The van der Waals surface area contributed by atoms with Crippen molar-refractivity contribution in [2.75, 3.05) is 29.9 Å². The van der Waals surface area contributed by atoms with Gasteiger partial charge in [-0.2, -0.15) is 4.98 Å². The van der Waals surface area contributed by atoms with Crippen LogP contribution in [0.1, 0.15) is 5.56 Å². The molecular weight excluding hydrogens is 375 g/mol. The van der Waals surface area contributed by atoms with E-state index < -0.39 is 5.82 Å². The number of amidine groups is 1. The summed E-state index contributed by atoms with van der Waals surface area (Å²) in [5.41, 5.74) is 2.07. The standard InChI is InChI=1S/C17H16ClFN6O2/c18-12-5-10(1-2-13(12)19)21-15(24-27)11-3-4-20-16-14(11)22-17(23-16)25-6-9(7-25)8-26/h1-5,9,26-27H,6-8H2,(H,21,24)(H,20,22,23). The Morgan fingerprint density at radius 1 is 1.41 bits per heavy atom. The molecule has 1 saturated heterocycles. The molecule has 0 aliphatic carbocycles. The van der Waals surface area contributed by atoms with E-state index in [-0.39, 0.29) is 23.4 Å². The van der Waals surface area contributed by atoms with Gasteiger partial charge in [0.25, 0.3) is 0 Å². The van der Waals surface area contributed by atoms with Gasteiger partial charge in [0.05, 0.1) is 10.5 Å². The number of imidazole rings is 1. The fourth-order valence-electron chi connectivity index (χ4n) is 2.96. The van der Waals surface area contributed by atoms with Crippen molar-refractivity contribution in [1.82, 2.24) is 15.0 Å². The van der Waals surface area contributed by atoms with Gasteiger partial charge in [0.2, 0.25) is 5.95 Å². The maximum atomic E-state index is 13.3. The number of aliphatic hydroxyl groups excluding tert-OH is 1. The van der Waals surface area contributed by atoms with Crippen LogP contribution in [0.15, 0.2) is 35.6 Å². The lowest BCUT2D eigenvalue weighted by Crippen LogP contribution is -2.48. The average molecular weight is 391 g/mol. The Bertz CT molecular complexity index is 1020. The predicted molar refractivity (Wildman–Crippen MR) is 100 cm³/mol. The normalized spacial score (nSPS) is 15.2. The number of anilines is 2. The molecule has 1 aromatic carbocycles. The summed E-state index contributed by atoms with van der Waals surface area (Å²) in [6.07, 6.45) is 1.55. The van der Waals surface area contributed by atoms with E-state index in [0.29, 0.717) is 41.5 Å². The van der Waals surface area contributed by atoms with E-state index in [4.69, 9.17) is 16.7 Å². The minimum atomic E-state index is -0.537. The number of nitrogens with one attached hydrogen (secondary N) is 2. The third kappa shape index (κ3) is 3.26. The number of oxime groups is 1. The first-order valence-corrected chi connectivity index (χ1v) is 8.62. The fourth-order valence-corrected chi connectivity index (χ4v) is 3.14. The van der Waals surface area contributed by atoms with Gasteiger partial charge in [-0.1, -0.05) is 16.8 Å². The Labute approximate surface area is 158 Å². The third-order valence-corrected chi connectivity index (χ3v) is 4.72. The highest BCUT2D eigenvalue weighted by Gasteiger charge is 2.28. The van der Waals surface area contributed by atoms with Crippen molar-refractivity contribution >= 4 is 40.2 Å². The lowest BCUT2D eigenvalue weighted by Gasteiger charge is -2.37. The number of pyridine rings is 1.